The summed E-state index contributed by atoms with van der Waals surface area (Å²) in [6.45, 7) is 5.82. The highest BCUT2D eigenvalue weighted by molar-refractivity contribution is 5.79. The number of halogens is 2. The van der Waals surface area contributed by atoms with Gasteiger partial charge in [-0.25, -0.2) is 0 Å². The van der Waals surface area contributed by atoms with Crippen molar-refractivity contribution < 1.29 is 42.9 Å². The summed E-state index contributed by atoms with van der Waals surface area (Å²) in [5, 5.41) is 22.4. The summed E-state index contributed by atoms with van der Waals surface area (Å²) in [5.41, 5.74) is 5.13. The number of aliphatic carboxylic acids is 2. The fourth-order valence-corrected chi connectivity index (χ4v) is 2.46. The van der Waals surface area contributed by atoms with Crippen LogP contribution in [0.2, 0.25) is 0 Å². The number of amides is 1. The average molecular weight is 468 g/mol. The summed E-state index contributed by atoms with van der Waals surface area (Å²) in [6, 6.07) is -1.16. The highest BCUT2D eigenvalue weighted by Gasteiger charge is 2.18. The molecular weight excluding hydrogens is 432 g/mol. The number of carbonyl (C=O) groups is 4. The van der Waals surface area contributed by atoms with Crippen molar-refractivity contribution in [1.82, 2.24) is 10.6 Å². The number of hydrogen-bond donors (Lipinski definition) is 5. The largest absolute Gasteiger partial charge is 0.481 e. The summed E-state index contributed by atoms with van der Waals surface area (Å²) < 4.78 is 29.3. The molecule has 0 aliphatic carbocycles. The van der Waals surface area contributed by atoms with Gasteiger partial charge >= 0.3 is 17.9 Å². The topological polar surface area (TPSA) is 168 Å². The summed E-state index contributed by atoms with van der Waals surface area (Å²) >= 11 is 0. The average Bonchev–Trinajstić information content (AvgIpc) is 2.67. The monoisotopic (exact) mass is 467 g/mol. The van der Waals surface area contributed by atoms with Crippen LogP contribution in [0, 0.1) is 5.92 Å². The van der Waals surface area contributed by atoms with E-state index in [0.717, 1.165) is 0 Å². The van der Waals surface area contributed by atoms with E-state index in [1.165, 1.54) is 0 Å². The predicted octanol–water partition coefficient (Wildman–Crippen LogP) is 1.49. The number of primary amides is 1. The van der Waals surface area contributed by atoms with Crippen molar-refractivity contribution in [1.29, 1.82) is 0 Å². The molecule has 1 amide bonds. The van der Waals surface area contributed by atoms with Crippen molar-refractivity contribution in [3.8, 4) is 0 Å². The smallest absolute Gasteiger partial charge is 0.320 e. The first-order valence-corrected chi connectivity index (χ1v) is 10.4. The molecule has 0 saturated carbocycles. The van der Waals surface area contributed by atoms with Gasteiger partial charge in [-0.1, -0.05) is 13.8 Å². The third kappa shape index (κ3) is 18.2. The first-order valence-electron chi connectivity index (χ1n) is 10.4. The van der Waals surface area contributed by atoms with Gasteiger partial charge in [0.1, 0.15) is 6.04 Å². The highest BCUT2D eigenvalue weighted by Crippen LogP contribution is 2.11. The zero-order valence-electron chi connectivity index (χ0n) is 18.7. The molecule has 0 unspecified atom stereocenters. The zero-order chi connectivity index (χ0) is 25.1. The molecule has 0 heterocycles. The lowest BCUT2D eigenvalue weighted by molar-refractivity contribution is -0.144. The lowest BCUT2D eigenvalue weighted by Gasteiger charge is -2.17. The predicted molar refractivity (Wildman–Crippen MR) is 113 cm³/mol. The van der Waals surface area contributed by atoms with Crippen molar-refractivity contribution in [3.05, 3.63) is 12.2 Å². The molecule has 0 spiro atoms. The second-order valence-electron chi connectivity index (χ2n) is 6.75. The van der Waals surface area contributed by atoms with Crippen molar-refractivity contribution in [3.63, 3.8) is 0 Å². The van der Waals surface area contributed by atoms with Crippen molar-refractivity contribution in [2.75, 3.05) is 19.7 Å². The fraction of sp³-hybridized carbons (Fsp3) is 0.700. The Hall–Kier alpha value is -2.60. The number of esters is 1. The number of nitrogens with two attached hydrogens (primary N) is 1. The van der Waals surface area contributed by atoms with Gasteiger partial charge in [-0.3, -0.25) is 19.2 Å². The number of hydrogen-bond acceptors (Lipinski definition) is 7. The van der Waals surface area contributed by atoms with Crippen LogP contribution < -0.4 is 16.4 Å². The van der Waals surface area contributed by atoms with Crippen LogP contribution in [0.5, 0.6) is 0 Å². The molecule has 0 aromatic rings. The molecule has 0 radical (unpaired) electrons. The molecule has 3 atom stereocenters. The Balaban J connectivity index is 0. The van der Waals surface area contributed by atoms with E-state index in [-0.39, 0.29) is 26.0 Å². The van der Waals surface area contributed by atoms with Crippen LogP contribution in [0.15, 0.2) is 12.2 Å². The SMILES string of the molecule is CCOC(=O)C[C@H](C=C(F)F)CN[C@@H](CC)C(N)=O.CC[C@H](NCCCC(=O)O)C(=O)O. The standard InChI is InChI=1S/C12H20F2N2O3.C8H15NO4/c1-3-9(12(15)18)16-7-8(5-10(13)14)6-11(17)19-4-2;1-2-6(8(12)13)9-5-3-4-7(10)11/h5,8-9,16H,3-4,6-7H2,1-2H3,(H2,15,18);6,9H,2-5H2,1H3,(H,10,11)(H,12,13)/t8-,9-;6-/m00/s1. The van der Waals surface area contributed by atoms with Crippen LogP contribution in [0.1, 0.15) is 52.9 Å². The number of carboxylic acids is 2. The van der Waals surface area contributed by atoms with E-state index in [1.807, 2.05) is 0 Å². The van der Waals surface area contributed by atoms with Crippen molar-refractivity contribution in [2.45, 2.75) is 65.0 Å². The molecule has 6 N–H and O–H groups in total. The molecule has 186 valence electrons. The number of carbonyl (C=O) groups excluding carboxylic acids is 2. The number of ether oxygens (including phenoxy) is 1. The lowest BCUT2D eigenvalue weighted by atomic mass is 10.0. The molecule has 0 aromatic heterocycles. The molecular formula is C20H35F2N3O7. The number of rotatable bonds is 16. The summed E-state index contributed by atoms with van der Waals surface area (Å²) in [7, 11) is 0. The van der Waals surface area contributed by atoms with Gasteiger partial charge in [0.2, 0.25) is 5.91 Å². The molecule has 32 heavy (non-hydrogen) atoms. The fourth-order valence-electron chi connectivity index (χ4n) is 2.46. The van der Waals surface area contributed by atoms with Crippen molar-refractivity contribution >= 4 is 23.8 Å². The lowest BCUT2D eigenvalue weighted by Crippen LogP contribution is -2.42. The number of nitrogens with one attached hydrogen (secondary N) is 2. The maximum Gasteiger partial charge on any atom is 0.320 e. The Morgan fingerprint density at radius 2 is 1.62 bits per heavy atom. The van der Waals surface area contributed by atoms with Gasteiger partial charge in [-0.05, 0) is 38.8 Å². The molecule has 0 aromatic carbocycles. The van der Waals surface area contributed by atoms with E-state index < -0.39 is 47.9 Å². The van der Waals surface area contributed by atoms with Crippen LogP contribution in [-0.4, -0.2) is 65.8 Å². The Kier molecular flexibility index (Phi) is 18.9. The van der Waals surface area contributed by atoms with E-state index in [1.54, 1.807) is 20.8 Å². The summed E-state index contributed by atoms with van der Waals surface area (Å²) in [5.74, 6) is -3.60. The maximum atomic E-state index is 12.3. The Morgan fingerprint density at radius 3 is 2.03 bits per heavy atom. The van der Waals surface area contributed by atoms with Gasteiger partial charge in [0.05, 0.1) is 19.1 Å². The van der Waals surface area contributed by atoms with E-state index in [4.69, 9.17) is 20.7 Å². The zero-order valence-corrected chi connectivity index (χ0v) is 18.7. The minimum Gasteiger partial charge on any atom is -0.481 e. The quantitative estimate of drug-likeness (QED) is 0.167. The number of carboxylic acid groups (broad SMARTS) is 2. The highest BCUT2D eigenvalue weighted by atomic mass is 19.3. The van der Waals surface area contributed by atoms with E-state index in [9.17, 15) is 28.0 Å². The maximum absolute atomic E-state index is 12.3. The Morgan fingerprint density at radius 1 is 1.03 bits per heavy atom. The minimum atomic E-state index is -1.87. The molecule has 12 heteroatoms. The van der Waals surface area contributed by atoms with Crippen LogP contribution in [0.3, 0.4) is 0 Å². The van der Waals surface area contributed by atoms with Gasteiger partial charge in [0, 0.05) is 18.9 Å². The molecule has 0 aliphatic heterocycles. The molecule has 0 aliphatic rings. The second kappa shape index (κ2) is 19.1. The minimum absolute atomic E-state index is 0.0532. The van der Waals surface area contributed by atoms with Gasteiger partial charge in [0.25, 0.3) is 6.08 Å². The Bertz CT molecular complexity index is 614. The van der Waals surface area contributed by atoms with Crippen LogP contribution >= 0.6 is 0 Å². The third-order valence-corrected chi connectivity index (χ3v) is 4.14. The van der Waals surface area contributed by atoms with E-state index in [2.05, 4.69) is 10.6 Å². The van der Waals surface area contributed by atoms with E-state index in [0.29, 0.717) is 31.9 Å². The molecule has 0 rings (SSSR count). The first-order chi connectivity index (χ1) is 15.0. The first kappa shape index (κ1) is 31.6. The van der Waals surface area contributed by atoms with E-state index >= 15 is 0 Å². The van der Waals surface area contributed by atoms with Crippen LogP contribution in [-0.2, 0) is 23.9 Å². The molecule has 0 fully saturated rings. The van der Waals surface area contributed by atoms with Gasteiger partial charge in [-0.2, -0.15) is 8.78 Å². The summed E-state index contributed by atoms with van der Waals surface area (Å²) in [4.78, 5) is 42.8. The molecule has 0 bridgehead atoms. The second-order valence-corrected chi connectivity index (χ2v) is 6.75. The molecule has 10 nitrogen and oxygen atoms in total. The summed E-state index contributed by atoms with van der Waals surface area (Å²) in [6.07, 6.45) is 0.113. The normalized spacial score (nSPS) is 13.0. The van der Waals surface area contributed by atoms with Crippen molar-refractivity contribution in [2.24, 2.45) is 11.7 Å². The Labute approximate surface area is 186 Å². The van der Waals surface area contributed by atoms with Crippen LogP contribution in [0.25, 0.3) is 0 Å². The third-order valence-electron chi connectivity index (χ3n) is 4.14. The van der Waals surface area contributed by atoms with Gasteiger partial charge in [-0.15, -0.1) is 0 Å². The van der Waals surface area contributed by atoms with Gasteiger partial charge < -0.3 is 31.3 Å². The van der Waals surface area contributed by atoms with Gasteiger partial charge in [0.15, 0.2) is 0 Å². The molecule has 0 saturated heterocycles. The van der Waals surface area contributed by atoms with Crippen LogP contribution in [0.4, 0.5) is 8.78 Å².